The van der Waals surface area contributed by atoms with Crippen molar-refractivity contribution >= 4 is 29.2 Å². The van der Waals surface area contributed by atoms with Gasteiger partial charge in [-0.1, -0.05) is 12.1 Å². The van der Waals surface area contributed by atoms with Gasteiger partial charge in [-0.05, 0) is 31.5 Å². The molecule has 2 rings (SSSR count). The van der Waals surface area contributed by atoms with Crippen LogP contribution < -0.4 is 16.6 Å². The molecular formula is C15H21ClN4O2. The average molecular weight is 325 g/mol. The highest BCUT2D eigenvalue weighted by Crippen LogP contribution is 2.11. The van der Waals surface area contributed by atoms with Crippen LogP contribution in [0, 0.1) is 6.92 Å². The number of nitrogens with one attached hydrogen (secondary N) is 1. The lowest BCUT2D eigenvalue weighted by molar-refractivity contribution is -0.121. The minimum absolute atomic E-state index is 0. The van der Waals surface area contributed by atoms with Crippen LogP contribution in [-0.2, 0) is 11.3 Å². The molecular weight excluding hydrogens is 304 g/mol. The van der Waals surface area contributed by atoms with Crippen molar-refractivity contribution in [2.45, 2.75) is 26.3 Å². The normalized spacial score (nSPS) is 10.3. The Hall–Kier alpha value is -1.92. The lowest BCUT2D eigenvalue weighted by Gasteiger charge is -2.08. The molecule has 0 saturated carbocycles. The number of aromatic nitrogens is 2. The first-order chi connectivity index (χ1) is 10.1. The van der Waals surface area contributed by atoms with E-state index in [0.717, 1.165) is 12.0 Å². The number of hydrogen-bond donors (Lipinski definition) is 2. The summed E-state index contributed by atoms with van der Waals surface area (Å²) in [7, 11) is 0. The van der Waals surface area contributed by atoms with Crippen molar-refractivity contribution in [3.05, 3.63) is 40.4 Å². The molecule has 2 aromatic rings. The molecule has 22 heavy (non-hydrogen) atoms. The second kappa shape index (κ2) is 8.51. The predicted octanol–water partition coefficient (Wildman–Crippen LogP) is 0.982. The quantitative estimate of drug-likeness (QED) is 0.775. The van der Waals surface area contributed by atoms with Gasteiger partial charge in [0, 0.05) is 19.5 Å². The fourth-order valence-electron chi connectivity index (χ4n) is 2.14. The second-order valence-corrected chi connectivity index (χ2v) is 4.96. The zero-order chi connectivity index (χ0) is 15.2. The number of nitrogens with two attached hydrogens (primary N) is 1. The number of rotatable bonds is 6. The van der Waals surface area contributed by atoms with Gasteiger partial charge in [0.05, 0.1) is 17.2 Å². The Morgan fingerprint density at radius 1 is 1.41 bits per heavy atom. The van der Waals surface area contributed by atoms with E-state index in [-0.39, 0.29) is 30.3 Å². The van der Waals surface area contributed by atoms with E-state index < -0.39 is 0 Å². The van der Waals surface area contributed by atoms with E-state index in [4.69, 9.17) is 5.73 Å². The number of amides is 1. The molecule has 0 aliphatic carbocycles. The lowest BCUT2D eigenvalue weighted by atomic mass is 10.1. The number of fused-ring (bicyclic) bond motifs is 1. The summed E-state index contributed by atoms with van der Waals surface area (Å²) in [5.41, 5.74) is 6.93. The Bertz CT molecular complexity index is 699. The molecule has 0 atom stereocenters. The van der Waals surface area contributed by atoms with E-state index in [1.165, 1.54) is 10.9 Å². The number of carbonyl (C=O) groups is 1. The summed E-state index contributed by atoms with van der Waals surface area (Å²) in [6.45, 7) is 3.36. The highest BCUT2D eigenvalue weighted by molar-refractivity contribution is 5.85. The van der Waals surface area contributed by atoms with Crippen LogP contribution in [0.25, 0.3) is 10.9 Å². The first-order valence-corrected chi connectivity index (χ1v) is 7.05. The number of nitrogens with zero attached hydrogens (tertiary/aromatic N) is 2. The topological polar surface area (TPSA) is 90.0 Å². The molecule has 120 valence electrons. The Balaban J connectivity index is 0.00000242. The van der Waals surface area contributed by atoms with Crippen LogP contribution >= 0.6 is 12.4 Å². The van der Waals surface area contributed by atoms with E-state index in [9.17, 15) is 9.59 Å². The SMILES string of the molecule is Cc1cccc2c(=O)n(CCC(=O)NCCCN)cnc12.Cl. The first kappa shape index (κ1) is 18.1. The summed E-state index contributed by atoms with van der Waals surface area (Å²) < 4.78 is 1.48. The van der Waals surface area contributed by atoms with E-state index in [2.05, 4.69) is 10.3 Å². The van der Waals surface area contributed by atoms with Crippen LogP contribution in [0.3, 0.4) is 0 Å². The standard InChI is InChI=1S/C15H20N4O2.ClH/c1-11-4-2-5-12-14(11)18-10-19(15(12)21)9-6-13(20)17-8-3-7-16;/h2,4-5,10H,3,6-9,16H2,1H3,(H,17,20);1H. The van der Waals surface area contributed by atoms with E-state index in [0.29, 0.717) is 30.5 Å². The molecule has 7 heteroatoms. The van der Waals surface area contributed by atoms with E-state index in [1.54, 1.807) is 6.07 Å². The molecule has 6 nitrogen and oxygen atoms in total. The van der Waals surface area contributed by atoms with Gasteiger partial charge in [0.25, 0.3) is 5.56 Å². The van der Waals surface area contributed by atoms with Crippen LogP contribution in [-0.4, -0.2) is 28.5 Å². The van der Waals surface area contributed by atoms with Crippen LogP contribution in [0.2, 0.25) is 0 Å². The maximum atomic E-state index is 12.3. The molecule has 0 aliphatic rings. The molecule has 1 aromatic carbocycles. The highest BCUT2D eigenvalue weighted by Gasteiger charge is 2.07. The number of hydrogen-bond acceptors (Lipinski definition) is 4. The Morgan fingerprint density at radius 2 is 2.18 bits per heavy atom. The van der Waals surface area contributed by atoms with Crippen molar-refractivity contribution in [1.29, 1.82) is 0 Å². The number of carbonyl (C=O) groups excluding carboxylic acids is 1. The second-order valence-electron chi connectivity index (χ2n) is 4.96. The molecule has 0 bridgehead atoms. The van der Waals surface area contributed by atoms with Gasteiger partial charge in [0.15, 0.2) is 0 Å². The minimum Gasteiger partial charge on any atom is -0.356 e. The van der Waals surface area contributed by atoms with E-state index in [1.807, 2.05) is 19.1 Å². The molecule has 1 heterocycles. The molecule has 0 radical (unpaired) electrons. The summed E-state index contributed by atoms with van der Waals surface area (Å²) >= 11 is 0. The van der Waals surface area contributed by atoms with Crippen molar-refractivity contribution in [3.63, 3.8) is 0 Å². The van der Waals surface area contributed by atoms with Gasteiger partial charge >= 0.3 is 0 Å². The van der Waals surface area contributed by atoms with Crippen LogP contribution in [0.15, 0.2) is 29.3 Å². The molecule has 0 aliphatic heterocycles. The number of halogens is 1. The van der Waals surface area contributed by atoms with Crippen molar-refractivity contribution in [1.82, 2.24) is 14.9 Å². The predicted molar refractivity (Wildman–Crippen MR) is 89.3 cm³/mol. The largest absolute Gasteiger partial charge is 0.356 e. The summed E-state index contributed by atoms with van der Waals surface area (Å²) in [5, 5.41) is 3.35. The summed E-state index contributed by atoms with van der Waals surface area (Å²) in [6, 6.07) is 5.52. The van der Waals surface area contributed by atoms with Crippen LogP contribution in [0.5, 0.6) is 0 Å². The summed E-state index contributed by atoms with van der Waals surface area (Å²) in [6.07, 6.45) is 2.51. The summed E-state index contributed by atoms with van der Waals surface area (Å²) in [4.78, 5) is 28.3. The third kappa shape index (κ3) is 4.29. The van der Waals surface area contributed by atoms with Crippen molar-refractivity contribution in [2.75, 3.05) is 13.1 Å². The molecule has 0 spiro atoms. The summed E-state index contributed by atoms with van der Waals surface area (Å²) in [5.74, 6) is -0.0836. The zero-order valence-electron chi connectivity index (χ0n) is 12.5. The molecule has 0 fully saturated rings. The fourth-order valence-corrected chi connectivity index (χ4v) is 2.14. The molecule has 3 N–H and O–H groups in total. The van der Waals surface area contributed by atoms with Crippen LogP contribution in [0.4, 0.5) is 0 Å². The molecule has 1 amide bonds. The lowest BCUT2D eigenvalue weighted by Crippen LogP contribution is -2.29. The Labute approximate surface area is 135 Å². The van der Waals surface area contributed by atoms with Gasteiger partial charge in [-0.25, -0.2) is 4.98 Å². The highest BCUT2D eigenvalue weighted by atomic mass is 35.5. The molecule has 0 saturated heterocycles. The van der Waals surface area contributed by atoms with Gasteiger partial charge in [-0.15, -0.1) is 12.4 Å². The fraction of sp³-hybridized carbons (Fsp3) is 0.400. The smallest absolute Gasteiger partial charge is 0.261 e. The van der Waals surface area contributed by atoms with Gasteiger partial charge in [-0.2, -0.15) is 0 Å². The van der Waals surface area contributed by atoms with Crippen molar-refractivity contribution < 1.29 is 4.79 Å². The minimum atomic E-state index is -0.113. The Morgan fingerprint density at radius 3 is 2.91 bits per heavy atom. The van der Waals surface area contributed by atoms with Crippen molar-refractivity contribution in [3.8, 4) is 0 Å². The number of benzene rings is 1. The van der Waals surface area contributed by atoms with Crippen LogP contribution in [0.1, 0.15) is 18.4 Å². The zero-order valence-corrected chi connectivity index (χ0v) is 13.4. The first-order valence-electron chi connectivity index (χ1n) is 7.05. The monoisotopic (exact) mass is 324 g/mol. The maximum absolute atomic E-state index is 12.3. The Kier molecular flexibility index (Phi) is 7.01. The number of aryl methyl sites for hydroxylation is 2. The maximum Gasteiger partial charge on any atom is 0.261 e. The van der Waals surface area contributed by atoms with Gasteiger partial charge < -0.3 is 11.1 Å². The average Bonchev–Trinajstić information content (AvgIpc) is 2.48. The molecule has 0 unspecified atom stereocenters. The third-order valence-electron chi connectivity index (χ3n) is 3.34. The molecule has 1 aromatic heterocycles. The van der Waals surface area contributed by atoms with Gasteiger partial charge in [0.2, 0.25) is 5.91 Å². The number of para-hydroxylation sites is 1. The van der Waals surface area contributed by atoms with Gasteiger partial charge in [-0.3, -0.25) is 14.2 Å². The van der Waals surface area contributed by atoms with E-state index >= 15 is 0 Å². The van der Waals surface area contributed by atoms with Gasteiger partial charge in [0.1, 0.15) is 0 Å². The third-order valence-corrected chi connectivity index (χ3v) is 3.34. The van der Waals surface area contributed by atoms with Crippen molar-refractivity contribution in [2.24, 2.45) is 5.73 Å².